The molecule has 1 N–H and O–H groups in total. The SMILES string of the molecule is CCC1CN(C(=O)Cc2ccc3c(c2)NC(=O)C3)c2ccccc2O1. The van der Waals surface area contributed by atoms with Gasteiger partial charge in [-0.05, 0) is 35.7 Å². The zero-order valence-electron chi connectivity index (χ0n) is 14.1. The highest BCUT2D eigenvalue weighted by molar-refractivity contribution is 6.00. The van der Waals surface area contributed by atoms with Crippen LogP contribution in [0.1, 0.15) is 24.5 Å². The van der Waals surface area contributed by atoms with Crippen molar-refractivity contribution in [2.24, 2.45) is 0 Å². The third-order valence-electron chi connectivity index (χ3n) is 4.75. The molecule has 0 saturated heterocycles. The van der Waals surface area contributed by atoms with Gasteiger partial charge in [0.25, 0.3) is 0 Å². The monoisotopic (exact) mass is 336 g/mol. The van der Waals surface area contributed by atoms with Gasteiger partial charge in [0.15, 0.2) is 0 Å². The summed E-state index contributed by atoms with van der Waals surface area (Å²) in [4.78, 5) is 26.2. The fourth-order valence-corrected chi connectivity index (χ4v) is 3.39. The third-order valence-corrected chi connectivity index (χ3v) is 4.75. The van der Waals surface area contributed by atoms with Crippen LogP contribution in [0.5, 0.6) is 5.75 Å². The minimum absolute atomic E-state index is 0.00590. The Balaban J connectivity index is 1.57. The van der Waals surface area contributed by atoms with Crippen molar-refractivity contribution >= 4 is 23.2 Å². The standard InChI is InChI=1S/C20H20N2O3/c1-2-15-12-22(17-5-3-4-6-18(17)25-15)20(24)10-13-7-8-14-11-19(23)21-16(14)9-13/h3-9,15H,2,10-12H2,1H3,(H,21,23). The average Bonchev–Trinajstić information content (AvgIpc) is 3.00. The molecule has 2 aliphatic heterocycles. The molecule has 0 fully saturated rings. The summed E-state index contributed by atoms with van der Waals surface area (Å²) in [5.74, 6) is 0.806. The van der Waals surface area contributed by atoms with Crippen LogP contribution in [0.15, 0.2) is 42.5 Å². The second-order valence-corrected chi connectivity index (χ2v) is 6.51. The molecule has 2 aliphatic rings. The molecular formula is C20H20N2O3. The van der Waals surface area contributed by atoms with Crippen molar-refractivity contribution in [3.63, 3.8) is 0 Å². The topological polar surface area (TPSA) is 58.6 Å². The first-order valence-corrected chi connectivity index (χ1v) is 8.61. The van der Waals surface area contributed by atoms with Gasteiger partial charge >= 0.3 is 0 Å². The zero-order valence-corrected chi connectivity index (χ0v) is 14.1. The van der Waals surface area contributed by atoms with Crippen molar-refractivity contribution in [3.05, 3.63) is 53.6 Å². The van der Waals surface area contributed by atoms with Gasteiger partial charge in [-0.3, -0.25) is 9.59 Å². The van der Waals surface area contributed by atoms with Crippen LogP contribution in [0.3, 0.4) is 0 Å². The first-order chi connectivity index (χ1) is 12.1. The molecule has 1 unspecified atom stereocenters. The van der Waals surface area contributed by atoms with E-state index in [4.69, 9.17) is 4.74 Å². The molecular weight excluding hydrogens is 316 g/mol. The number of nitrogens with zero attached hydrogens (tertiary/aromatic N) is 1. The van der Waals surface area contributed by atoms with Crippen LogP contribution in [0.25, 0.3) is 0 Å². The van der Waals surface area contributed by atoms with Crippen LogP contribution in [-0.4, -0.2) is 24.5 Å². The van der Waals surface area contributed by atoms with Gasteiger partial charge in [-0.2, -0.15) is 0 Å². The fourth-order valence-electron chi connectivity index (χ4n) is 3.39. The molecule has 2 heterocycles. The van der Waals surface area contributed by atoms with E-state index in [1.165, 1.54) is 0 Å². The van der Waals surface area contributed by atoms with Gasteiger partial charge in [0.2, 0.25) is 11.8 Å². The lowest BCUT2D eigenvalue weighted by atomic mass is 10.1. The molecule has 2 amide bonds. The molecule has 4 rings (SSSR count). The smallest absolute Gasteiger partial charge is 0.231 e. The Bertz CT molecular complexity index is 847. The second-order valence-electron chi connectivity index (χ2n) is 6.51. The molecule has 1 atom stereocenters. The van der Waals surface area contributed by atoms with Crippen molar-refractivity contribution in [1.29, 1.82) is 0 Å². The maximum absolute atomic E-state index is 12.9. The van der Waals surface area contributed by atoms with Gasteiger partial charge in [0, 0.05) is 5.69 Å². The normalized spacial score (nSPS) is 18.2. The number of rotatable bonds is 3. The van der Waals surface area contributed by atoms with Crippen molar-refractivity contribution in [2.75, 3.05) is 16.8 Å². The minimum atomic E-state index is 0.00590. The molecule has 0 bridgehead atoms. The number of carbonyl (C=O) groups excluding carboxylic acids is 2. The second kappa shape index (κ2) is 6.24. The van der Waals surface area contributed by atoms with E-state index >= 15 is 0 Å². The molecule has 0 saturated carbocycles. The van der Waals surface area contributed by atoms with Gasteiger partial charge in [-0.15, -0.1) is 0 Å². The van der Waals surface area contributed by atoms with Gasteiger partial charge in [-0.25, -0.2) is 0 Å². The highest BCUT2D eigenvalue weighted by Crippen LogP contribution is 2.34. The Morgan fingerprint density at radius 1 is 1.28 bits per heavy atom. The molecule has 0 spiro atoms. The van der Waals surface area contributed by atoms with Gasteiger partial charge in [0.1, 0.15) is 11.9 Å². The summed E-state index contributed by atoms with van der Waals surface area (Å²) in [5, 5.41) is 2.84. The van der Waals surface area contributed by atoms with Crippen LogP contribution in [0.2, 0.25) is 0 Å². The predicted molar refractivity (Wildman–Crippen MR) is 96.0 cm³/mol. The number of carbonyl (C=O) groups is 2. The predicted octanol–water partition coefficient (Wildman–Crippen LogP) is 2.93. The minimum Gasteiger partial charge on any atom is -0.486 e. The number of hydrogen-bond donors (Lipinski definition) is 1. The summed E-state index contributed by atoms with van der Waals surface area (Å²) >= 11 is 0. The van der Waals surface area contributed by atoms with E-state index < -0.39 is 0 Å². The molecule has 25 heavy (non-hydrogen) atoms. The molecule has 2 aromatic carbocycles. The van der Waals surface area contributed by atoms with E-state index in [2.05, 4.69) is 12.2 Å². The van der Waals surface area contributed by atoms with E-state index in [0.717, 1.165) is 34.7 Å². The van der Waals surface area contributed by atoms with E-state index in [9.17, 15) is 9.59 Å². The Hall–Kier alpha value is -2.82. The lowest BCUT2D eigenvalue weighted by Crippen LogP contribution is -2.44. The van der Waals surface area contributed by atoms with E-state index in [0.29, 0.717) is 19.4 Å². The van der Waals surface area contributed by atoms with Gasteiger partial charge < -0.3 is 15.0 Å². The van der Waals surface area contributed by atoms with Crippen LogP contribution >= 0.6 is 0 Å². The zero-order chi connectivity index (χ0) is 17.4. The molecule has 0 radical (unpaired) electrons. The van der Waals surface area contributed by atoms with Crippen molar-refractivity contribution in [2.45, 2.75) is 32.3 Å². The van der Waals surface area contributed by atoms with E-state index in [1.54, 1.807) is 0 Å². The molecule has 0 aromatic heterocycles. The fraction of sp³-hybridized carbons (Fsp3) is 0.300. The van der Waals surface area contributed by atoms with Crippen LogP contribution in [0.4, 0.5) is 11.4 Å². The summed E-state index contributed by atoms with van der Waals surface area (Å²) < 4.78 is 5.94. The Kier molecular flexibility index (Phi) is 3.92. The third kappa shape index (κ3) is 2.97. The van der Waals surface area contributed by atoms with E-state index in [1.807, 2.05) is 47.4 Å². The Morgan fingerprint density at radius 3 is 2.96 bits per heavy atom. The molecule has 5 heteroatoms. The summed E-state index contributed by atoms with van der Waals surface area (Å²) in [5.41, 5.74) is 3.54. The maximum Gasteiger partial charge on any atom is 0.231 e. The Labute approximate surface area is 146 Å². The first kappa shape index (κ1) is 15.7. The number of ether oxygens (including phenoxy) is 1. The summed E-state index contributed by atoms with van der Waals surface area (Å²) in [6.07, 6.45) is 1.58. The summed E-state index contributed by atoms with van der Waals surface area (Å²) in [7, 11) is 0. The van der Waals surface area contributed by atoms with Crippen LogP contribution in [-0.2, 0) is 22.4 Å². The highest BCUT2D eigenvalue weighted by Gasteiger charge is 2.29. The van der Waals surface area contributed by atoms with E-state index in [-0.39, 0.29) is 17.9 Å². The Morgan fingerprint density at radius 2 is 2.12 bits per heavy atom. The van der Waals surface area contributed by atoms with Gasteiger partial charge in [-0.1, -0.05) is 31.2 Å². The van der Waals surface area contributed by atoms with Crippen molar-refractivity contribution in [1.82, 2.24) is 0 Å². The number of para-hydroxylation sites is 2. The van der Waals surface area contributed by atoms with Crippen molar-refractivity contribution < 1.29 is 14.3 Å². The molecule has 0 aliphatic carbocycles. The summed E-state index contributed by atoms with van der Waals surface area (Å²) in [6, 6.07) is 13.4. The summed E-state index contributed by atoms with van der Waals surface area (Å²) in [6.45, 7) is 2.62. The molecule has 128 valence electrons. The lowest BCUT2D eigenvalue weighted by molar-refractivity contribution is -0.118. The average molecular weight is 336 g/mol. The lowest BCUT2D eigenvalue weighted by Gasteiger charge is -2.34. The number of benzene rings is 2. The first-order valence-electron chi connectivity index (χ1n) is 8.61. The number of fused-ring (bicyclic) bond motifs is 2. The number of amides is 2. The van der Waals surface area contributed by atoms with Crippen molar-refractivity contribution in [3.8, 4) is 5.75 Å². The highest BCUT2D eigenvalue weighted by atomic mass is 16.5. The van der Waals surface area contributed by atoms with Crippen LogP contribution < -0.4 is 15.0 Å². The largest absolute Gasteiger partial charge is 0.486 e. The molecule has 2 aromatic rings. The number of hydrogen-bond acceptors (Lipinski definition) is 3. The number of nitrogens with one attached hydrogen (secondary N) is 1. The van der Waals surface area contributed by atoms with Gasteiger partial charge in [0.05, 0.1) is 25.1 Å². The van der Waals surface area contributed by atoms with Crippen LogP contribution in [0, 0.1) is 0 Å². The maximum atomic E-state index is 12.9. The number of anilines is 2. The quantitative estimate of drug-likeness (QED) is 0.937. The molecule has 5 nitrogen and oxygen atoms in total.